The van der Waals surface area contributed by atoms with Crippen LogP contribution in [-0.2, 0) is 6.42 Å². The van der Waals surface area contributed by atoms with Crippen LogP contribution < -0.4 is 11.1 Å². The van der Waals surface area contributed by atoms with Gasteiger partial charge in [0.1, 0.15) is 5.82 Å². The molecule has 2 rings (SSSR count). The third kappa shape index (κ3) is 3.25. The number of carbonyl (C=O) groups is 1. The van der Waals surface area contributed by atoms with E-state index < -0.39 is 0 Å². The predicted octanol–water partition coefficient (Wildman–Crippen LogP) is 1.09. The highest BCUT2D eigenvalue weighted by Crippen LogP contribution is 2.08. The first-order chi connectivity index (χ1) is 8.25. The fourth-order valence-corrected chi connectivity index (χ4v) is 2.02. The molecule has 2 heterocycles. The Balaban J connectivity index is 1.83. The van der Waals surface area contributed by atoms with E-state index in [0.717, 1.165) is 6.42 Å². The van der Waals surface area contributed by atoms with Crippen LogP contribution >= 0.6 is 11.3 Å². The lowest BCUT2D eigenvalue weighted by molar-refractivity contribution is 0.0948. The van der Waals surface area contributed by atoms with E-state index in [9.17, 15) is 4.79 Å². The number of nitrogens with one attached hydrogen (secondary N) is 1. The van der Waals surface area contributed by atoms with Gasteiger partial charge >= 0.3 is 0 Å². The summed E-state index contributed by atoms with van der Waals surface area (Å²) in [5, 5.41) is 12.1. The van der Waals surface area contributed by atoms with Crippen molar-refractivity contribution in [1.82, 2.24) is 15.5 Å². The molecule has 0 unspecified atom stereocenters. The van der Waals surface area contributed by atoms with Crippen LogP contribution in [-0.4, -0.2) is 22.6 Å². The summed E-state index contributed by atoms with van der Waals surface area (Å²) < 4.78 is 0. The van der Waals surface area contributed by atoms with Crippen molar-refractivity contribution in [2.24, 2.45) is 0 Å². The van der Waals surface area contributed by atoms with Crippen LogP contribution in [0.4, 0.5) is 5.82 Å². The van der Waals surface area contributed by atoms with Crippen molar-refractivity contribution in [2.45, 2.75) is 6.42 Å². The summed E-state index contributed by atoms with van der Waals surface area (Å²) in [5.74, 6) is 0.0780. The molecule has 0 aliphatic carbocycles. The Morgan fingerprint density at radius 2 is 2.24 bits per heavy atom. The number of nitrogen functional groups attached to an aromatic ring is 1. The van der Waals surface area contributed by atoms with E-state index in [4.69, 9.17) is 5.73 Å². The van der Waals surface area contributed by atoms with Crippen LogP contribution in [0.5, 0.6) is 0 Å². The van der Waals surface area contributed by atoms with Crippen molar-refractivity contribution in [3.05, 3.63) is 40.2 Å². The molecule has 2 aromatic rings. The Labute approximate surface area is 103 Å². The molecule has 0 saturated carbocycles. The Hall–Kier alpha value is -1.95. The maximum Gasteiger partial charge on any atom is 0.271 e. The van der Waals surface area contributed by atoms with E-state index in [1.165, 1.54) is 4.88 Å². The minimum Gasteiger partial charge on any atom is -0.382 e. The highest BCUT2D eigenvalue weighted by molar-refractivity contribution is 7.09. The first-order valence-corrected chi connectivity index (χ1v) is 6.03. The van der Waals surface area contributed by atoms with E-state index in [1.54, 1.807) is 23.5 Å². The van der Waals surface area contributed by atoms with Crippen LogP contribution in [0.3, 0.4) is 0 Å². The van der Waals surface area contributed by atoms with Crippen LogP contribution in [0, 0.1) is 0 Å². The van der Waals surface area contributed by atoms with Crippen molar-refractivity contribution in [2.75, 3.05) is 12.3 Å². The number of nitrogens with zero attached hydrogens (tertiary/aromatic N) is 2. The average molecular weight is 248 g/mol. The number of nitrogens with two attached hydrogens (primary N) is 1. The van der Waals surface area contributed by atoms with E-state index in [1.807, 2.05) is 17.5 Å². The van der Waals surface area contributed by atoms with Gasteiger partial charge in [-0.2, -0.15) is 0 Å². The summed E-state index contributed by atoms with van der Waals surface area (Å²) in [5.41, 5.74) is 5.67. The van der Waals surface area contributed by atoms with Gasteiger partial charge in [-0.15, -0.1) is 21.5 Å². The molecule has 6 heteroatoms. The molecule has 0 saturated heterocycles. The second kappa shape index (κ2) is 5.40. The standard InChI is InChI=1S/C11H12N4OS/c12-10-4-3-9(14-15-10)11(16)13-6-5-8-2-1-7-17-8/h1-4,7H,5-6H2,(H2,12,15)(H,13,16). The van der Waals surface area contributed by atoms with Crippen LogP contribution in [0.25, 0.3) is 0 Å². The molecule has 0 aromatic carbocycles. The molecule has 17 heavy (non-hydrogen) atoms. The average Bonchev–Trinajstić information content (AvgIpc) is 2.83. The Bertz CT molecular complexity index is 481. The van der Waals surface area contributed by atoms with Crippen LogP contribution in [0.15, 0.2) is 29.6 Å². The molecule has 0 atom stereocenters. The van der Waals surface area contributed by atoms with Gasteiger partial charge in [-0.1, -0.05) is 6.07 Å². The second-order valence-electron chi connectivity index (χ2n) is 3.43. The Kier molecular flexibility index (Phi) is 3.66. The third-order valence-corrected chi connectivity index (χ3v) is 3.09. The first kappa shape index (κ1) is 11.5. The van der Waals surface area contributed by atoms with E-state index in [-0.39, 0.29) is 11.6 Å². The summed E-state index contributed by atoms with van der Waals surface area (Å²) in [6.07, 6.45) is 0.825. The summed E-state index contributed by atoms with van der Waals surface area (Å²) >= 11 is 1.68. The quantitative estimate of drug-likeness (QED) is 0.848. The molecule has 3 N–H and O–H groups in total. The van der Waals surface area contributed by atoms with Gasteiger partial charge in [0, 0.05) is 11.4 Å². The lowest BCUT2D eigenvalue weighted by Crippen LogP contribution is -2.26. The van der Waals surface area contributed by atoms with Crippen LogP contribution in [0.2, 0.25) is 0 Å². The molecule has 0 fully saturated rings. The zero-order chi connectivity index (χ0) is 12.1. The van der Waals surface area contributed by atoms with Crippen molar-refractivity contribution in [3.8, 4) is 0 Å². The highest BCUT2D eigenvalue weighted by Gasteiger charge is 2.06. The monoisotopic (exact) mass is 248 g/mol. The first-order valence-electron chi connectivity index (χ1n) is 5.15. The molecule has 0 spiro atoms. The molecular weight excluding hydrogens is 236 g/mol. The van der Waals surface area contributed by atoms with Crippen molar-refractivity contribution in [3.63, 3.8) is 0 Å². The molecule has 0 aliphatic heterocycles. The van der Waals surface area contributed by atoms with Gasteiger partial charge in [0.15, 0.2) is 5.69 Å². The number of amides is 1. The minimum absolute atomic E-state index is 0.228. The van der Waals surface area contributed by atoms with Crippen molar-refractivity contribution in [1.29, 1.82) is 0 Å². The van der Waals surface area contributed by atoms with Gasteiger partial charge in [-0.25, -0.2) is 0 Å². The zero-order valence-electron chi connectivity index (χ0n) is 9.09. The van der Waals surface area contributed by atoms with E-state index in [0.29, 0.717) is 12.4 Å². The summed E-state index contributed by atoms with van der Waals surface area (Å²) in [6.45, 7) is 0.589. The van der Waals surface area contributed by atoms with Gasteiger partial charge in [0.05, 0.1) is 0 Å². The lowest BCUT2D eigenvalue weighted by atomic mass is 10.3. The molecule has 1 amide bonds. The predicted molar refractivity (Wildman–Crippen MR) is 66.8 cm³/mol. The van der Waals surface area contributed by atoms with Gasteiger partial charge in [0.25, 0.3) is 5.91 Å². The van der Waals surface area contributed by atoms with Crippen molar-refractivity contribution >= 4 is 23.1 Å². The fourth-order valence-electron chi connectivity index (χ4n) is 1.31. The summed E-state index contributed by atoms with van der Waals surface area (Å²) in [4.78, 5) is 12.9. The van der Waals surface area contributed by atoms with Gasteiger partial charge in [0.2, 0.25) is 0 Å². The fraction of sp³-hybridized carbons (Fsp3) is 0.182. The maximum absolute atomic E-state index is 11.6. The maximum atomic E-state index is 11.6. The number of anilines is 1. The number of rotatable bonds is 4. The number of hydrogen-bond donors (Lipinski definition) is 2. The van der Waals surface area contributed by atoms with Gasteiger partial charge < -0.3 is 11.1 Å². The molecule has 2 aromatic heterocycles. The van der Waals surface area contributed by atoms with E-state index in [2.05, 4.69) is 15.5 Å². The second-order valence-corrected chi connectivity index (χ2v) is 4.46. The van der Waals surface area contributed by atoms with Gasteiger partial charge in [-0.05, 0) is 30.0 Å². The largest absolute Gasteiger partial charge is 0.382 e. The lowest BCUT2D eigenvalue weighted by Gasteiger charge is -2.02. The Morgan fingerprint density at radius 3 is 2.88 bits per heavy atom. The number of hydrogen-bond acceptors (Lipinski definition) is 5. The van der Waals surface area contributed by atoms with E-state index >= 15 is 0 Å². The molecule has 88 valence electrons. The zero-order valence-corrected chi connectivity index (χ0v) is 9.91. The molecular formula is C11H12N4OS. The summed E-state index contributed by atoms with van der Waals surface area (Å²) in [6, 6.07) is 7.15. The highest BCUT2D eigenvalue weighted by atomic mass is 32.1. The molecule has 0 radical (unpaired) electrons. The minimum atomic E-state index is -0.228. The van der Waals surface area contributed by atoms with Gasteiger partial charge in [-0.3, -0.25) is 4.79 Å². The SMILES string of the molecule is Nc1ccc(C(=O)NCCc2cccs2)nn1. The third-order valence-electron chi connectivity index (χ3n) is 2.15. The molecule has 0 aliphatic rings. The van der Waals surface area contributed by atoms with Crippen molar-refractivity contribution < 1.29 is 4.79 Å². The summed E-state index contributed by atoms with van der Waals surface area (Å²) in [7, 11) is 0. The normalized spacial score (nSPS) is 10.1. The number of carbonyl (C=O) groups excluding carboxylic acids is 1. The smallest absolute Gasteiger partial charge is 0.271 e. The Morgan fingerprint density at radius 1 is 1.35 bits per heavy atom. The number of thiophene rings is 1. The molecule has 0 bridgehead atoms. The number of aromatic nitrogens is 2. The topological polar surface area (TPSA) is 80.9 Å². The molecule has 5 nitrogen and oxygen atoms in total. The van der Waals surface area contributed by atoms with Crippen LogP contribution in [0.1, 0.15) is 15.4 Å².